The van der Waals surface area contributed by atoms with E-state index in [0.717, 1.165) is 36.9 Å². The fraction of sp³-hybridized carbons (Fsp3) is 0.652. The van der Waals surface area contributed by atoms with Gasteiger partial charge in [-0.3, -0.25) is 0 Å². The number of nitrogens with zero attached hydrogens (tertiary/aromatic N) is 2. The summed E-state index contributed by atoms with van der Waals surface area (Å²) in [6, 6.07) is 6.22. The third kappa shape index (κ3) is 7.17. The van der Waals surface area contributed by atoms with Crippen molar-refractivity contribution < 1.29 is 9.53 Å². The molecule has 0 spiro atoms. The van der Waals surface area contributed by atoms with Gasteiger partial charge in [-0.2, -0.15) is 0 Å². The van der Waals surface area contributed by atoms with Crippen molar-refractivity contribution in [1.82, 2.24) is 4.90 Å². The number of ether oxygens (including phenoxy) is 1. The Kier molecular flexibility index (Phi) is 9.50. The molecule has 2 N–H and O–H groups in total. The first kappa shape index (κ1) is 24.0. The molecule has 1 aromatic carbocycles. The molecule has 158 valence electrons. The predicted octanol–water partition coefficient (Wildman–Crippen LogP) is 4.53. The maximum absolute atomic E-state index is 12.2. The minimum Gasteiger partial charge on any atom is -0.491 e. The smallest absolute Gasteiger partial charge is 0.191 e. The van der Waals surface area contributed by atoms with Crippen molar-refractivity contribution >= 4 is 12.2 Å². The summed E-state index contributed by atoms with van der Waals surface area (Å²) in [6.45, 7) is 10.9. The van der Waals surface area contributed by atoms with Crippen LogP contribution in [0.2, 0.25) is 0 Å². The highest BCUT2D eigenvalue weighted by atomic mass is 16.5. The van der Waals surface area contributed by atoms with Gasteiger partial charge in [0, 0.05) is 14.1 Å². The molecule has 1 aromatic rings. The van der Waals surface area contributed by atoms with Crippen molar-refractivity contribution in [2.24, 2.45) is 16.6 Å². The van der Waals surface area contributed by atoms with Crippen molar-refractivity contribution in [1.29, 1.82) is 0 Å². The van der Waals surface area contributed by atoms with Gasteiger partial charge < -0.3 is 20.2 Å². The third-order valence-electron chi connectivity index (χ3n) is 5.16. The van der Waals surface area contributed by atoms with E-state index >= 15 is 0 Å². The van der Waals surface area contributed by atoms with E-state index in [4.69, 9.17) is 10.5 Å². The number of nitrogens with two attached hydrogens (primary N) is 1. The second-order valence-electron chi connectivity index (χ2n) is 8.38. The van der Waals surface area contributed by atoms with Crippen LogP contribution in [-0.2, 0) is 4.79 Å². The zero-order valence-corrected chi connectivity index (χ0v) is 18.8. The number of hydrogen-bond acceptors (Lipinski definition) is 3. The zero-order valence-electron chi connectivity index (χ0n) is 18.8. The number of aryl methyl sites for hydroxylation is 1. The standard InChI is InChI=1S/C23H39N3O2/c1-8-10-19(9-2)14-23(15-27,25-22(24)26(6)7)16-28-21-12-18(5)11-20(13-21)17(3)4/h11-13,15,17,19H,8-10,14,16H2,1-7H3,(H2,24,25). The van der Waals surface area contributed by atoms with Crippen molar-refractivity contribution in [3.63, 3.8) is 0 Å². The molecule has 2 atom stereocenters. The van der Waals surface area contributed by atoms with Crippen molar-refractivity contribution in [3.05, 3.63) is 29.3 Å². The van der Waals surface area contributed by atoms with Gasteiger partial charge in [0.15, 0.2) is 17.8 Å². The first-order valence-corrected chi connectivity index (χ1v) is 10.4. The lowest BCUT2D eigenvalue weighted by molar-refractivity contribution is -0.113. The summed E-state index contributed by atoms with van der Waals surface area (Å²) in [6.07, 6.45) is 4.70. The van der Waals surface area contributed by atoms with Gasteiger partial charge >= 0.3 is 0 Å². The van der Waals surface area contributed by atoms with Gasteiger partial charge in [-0.1, -0.05) is 53.0 Å². The molecule has 0 bridgehead atoms. The number of aliphatic imine (C=N–C) groups is 1. The van der Waals surface area contributed by atoms with E-state index in [0.29, 0.717) is 24.2 Å². The minimum absolute atomic E-state index is 0.187. The van der Waals surface area contributed by atoms with Gasteiger partial charge in [0.25, 0.3) is 0 Å². The summed E-state index contributed by atoms with van der Waals surface area (Å²) in [5.74, 6) is 1.93. The maximum atomic E-state index is 12.2. The first-order chi connectivity index (χ1) is 13.2. The van der Waals surface area contributed by atoms with Crippen LogP contribution in [-0.4, -0.2) is 43.4 Å². The summed E-state index contributed by atoms with van der Waals surface area (Å²) in [5, 5.41) is 0. The Hall–Kier alpha value is -2.04. The SMILES string of the molecule is CCCC(CC)CC(C=O)(COc1cc(C)cc(C(C)C)c1)N=C(N)N(C)C. The van der Waals surface area contributed by atoms with Crippen LogP contribution in [0.3, 0.4) is 0 Å². The Balaban J connectivity index is 3.17. The molecule has 0 saturated carbocycles. The Morgan fingerprint density at radius 2 is 1.96 bits per heavy atom. The average Bonchev–Trinajstić information content (AvgIpc) is 2.65. The Labute approximate surface area is 171 Å². The fourth-order valence-electron chi connectivity index (χ4n) is 3.33. The molecule has 2 unspecified atom stereocenters. The minimum atomic E-state index is -0.980. The van der Waals surface area contributed by atoms with Crippen LogP contribution in [0, 0.1) is 12.8 Å². The van der Waals surface area contributed by atoms with Crippen LogP contribution in [0.5, 0.6) is 5.75 Å². The van der Waals surface area contributed by atoms with E-state index in [-0.39, 0.29) is 6.61 Å². The molecule has 0 saturated heterocycles. The quantitative estimate of drug-likeness (QED) is 0.343. The number of carbonyl (C=O) groups excluding carboxylic acids is 1. The van der Waals surface area contributed by atoms with E-state index in [1.165, 1.54) is 5.56 Å². The summed E-state index contributed by atoms with van der Waals surface area (Å²) in [4.78, 5) is 18.6. The molecule has 0 aromatic heterocycles. The number of guanidine groups is 1. The maximum Gasteiger partial charge on any atom is 0.191 e. The molecule has 5 heteroatoms. The zero-order chi connectivity index (χ0) is 21.3. The van der Waals surface area contributed by atoms with Gasteiger partial charge in [-0.25, -0.2) is 4.99 Å². The molecular formula is C23H39N3O2. The monoisotopic (exact) mass is 389 g/mol. The van der Waals surface area contributed by atoms with E-state index in [2.05, 4.69) is 51.7 Å². The van der Waals surface area contributed by atoms with Gasteiger partial charge in [0.05, 0.1) is 0 Å². The number of benzene rings is 1. The summed E-state index contributed by atoms with van der Waals surface area (Å²) >= 11 is 0. The number of rotatable bonds is 11. The van der Waals surface area contributed by atoms with Crippen molar-refractivity contribution in [2.75, 3.05) is 20.7 Å². The van der Waals surface area contributed by atoms with Crippen LogP contribution in [0.1, 0.15) is 70.4 Å². The molecular weight excluding hydrogens is 350 g/mol. The van der Waals surface area contributed by atoms with E-state index in [1.54, 1.807) is 4.90 Å². The molecule has 0 radical (unpaired) electrons. The molecule has 0 aliphatic rings. The summed E-state index contributed by atoms with van der Waals surface area (Å²) in [7, 11) is 3.65. The first-order valence-electron chi connectivity index (χ1n) is 10.4. The number of hydrogen-bond donors (Lipinski definition) is 1. The summed E-state index contributed by atoms with van der Waals surface area (Å²) in [5.41, 5.74) is 7.48. The molecule has 1 rings (SSSR count). The second-order valence-corrected chi connectivity index (χ2v) is 8.38. The molecule has 0 aliphatic heterocycles. The highest BCUT2D eigenvalue weighted by Gasteiger charge is 2.34. The van der Waals surface area contributed by atoms with Crippen LogP contribution < -0.4 is 10.5 Å². The van der Waals surface area contributed by atoms with Gasteiger partial charge in [-0.15, -0.1) is 0 Å². The van der Waals surface area contributed by atoms with Crippen LogP contribution >= 0.6 is 0 Å². The molecule has 5 nitrogen and oxygen atoms in total. The van der Waals surface area contributed by atoms with Gasteiger partial charge in [0.2, 0.25) is 0 Å². The topological polar surface area (TPSA) is 67.9 Å². The fourth-order valence-corrected chi connectivity index (χ4v) is 3.33. The lowest BCUT2D eigenvalue weighted by Gasteiger charge is -2.29. The van der Waals surface area contributed by atoms with Crippen LogP contribution in [0.15, 0.2) is 23.2 Å². The molecule has 28 heavy (non-hydrogen) atoms. The second kappa shape index (κ2) is 11.1. The highest BCUT2D eigenvalue weighted by molar-refractivity contribution is 5.81. The van der Waals surface area contributed by atoms with Crippen molar-refractivity contribution in [2.45, 2.75) is 71.8 Å². The molecule has 0 fully saturated rings. The highest BCUT2D eigenvalue weighted by Crippen LogP contribution is 2.28. The van der Waals surface area contributed by atoms with Crippen molar-refractivity contribution in [3.8, 4) is 5.75 Å². The lowest BCUT2D eigenvalue weighted by atomic mass is 9.85. The Morgan fingerprint density at radius 1 is 1.29 bits per heavy atom. The largest absolute Gasteiger partial charge is 0.491 e. The predicted molar refractivity (Wildman–Crippen MR) is 118 cm³/mol. The van der Waals surface area contributed by atoms with E-state index in [1.807, 2.05) is 20.2 Å². The number of aldehydes is 1. The number of carbonyl (C=O) groups is 1. The van der Waals surface area contributed by atoms with Gasteiger partial charge in [-0.05, 0) is 48.4 Å². The summed E-state index contributed by atoms with van der Waals surface area (Å²) < 4.78 is 6.13. The third-order valence-corrected chi connectivity index (χ3v) is 5.16. The Morgan fingerprint density at radius 3 is 2.46 bits per heavy atom. The average molecular weight is 390 g/mol. The molecule has 0 aliphatic carbocycles. The normalized spacial score (nSPS) is 15.2. The Bertz CT molecular complexity index is 655. The molecule has 0 amide bonds. The van der Waals surface area contributed by atoms with Crippen LogP contribution in [0.25, 0.3) is 0 Å². The molecule has 0 heterocycles. The van der Waals surface area contributed by atoms with E-state index in [9.17, 15) is 4.79 Å². The van der Waals surface area contributed by atoms with Gasteiger partial charge in [0.1, 0.15) is 12.4 Å². The van der Waals surface area contributed by atoms with Crippen LogP contribution in [0.4, 0.5) is 0 Å². The lowest BCUT2D eigenvalue weighted by Crippen LogP contribution is -2.43. The van der Waals surface area contributed by atoms with E-state index < -0.39 is 5.54 Å².